The average molecular weight is 287 g/mol. The fraction of sp³-hybridized carbons (Fsp3) is 0.0526. The molecule has 4 rings (SSSR count). The van der Waals surface area contributed by atoms with Crippen LogP contribution in [0.4, 0.5) is 5.69 Å². The van der Waals surface area contributed by atoms with Gasteiger partial charge in [0.15, 0.2) is 0 Å². The molecule has 1 heterocycles. The monoisotopic (exact) mass is 287 g/mol. The summed E-state index contributed by atoms with van der Waals surface area (Å²) >= 11 is 0. The third kappa shape index (κ3) is 2.12. The van der Waals surface area contributed by atoms with Crippen LogP contribution in [0.5, 0.6) is 0 Å². The first kappa shape index (κ1) is 12.9. The van der Waals surface area contributed by atoms with Crippen LogP contribution in [-0.4, -0.2) is 4.98 Å². The molecular weight excluding hydrogens is 270 g/mol. The van der Waals surface area contributed by atoms with Gasteiger partial charge in [0, 0.05) is 16.3 Å². The van der Waals surface area contributed by atoms with Crippen LogP contribution in [0.1, 0.15) is 5.56 Å². The molecule has 0 aliphatic carbocycles. The molecule has 22 heavy (non-hydrogen) atoms. The molecule has 0 radical (unpaired) electrons. The molecule has 0 fully saturated rings. The number of nitrogens with two attached hydrogens (primary N) is 1. The van der Waals surface area contributed by atoms with E-state index in [0.29, 0.717) is 6.54 Å². The number of nitrogens with one attached hydrogen (secondary N) is 1. The van der Waals surface area contributed by atoms with E-state index in [1.165, 1.54) is 16.3 Å². The highest BCUT2D eigenvalue weighted by Gasteiger charge is 2.11. The van der Waals surface area contributed by atoms with Crippen molar-refractivity contribution >= 4 is 27.5 Å². The normalized spacial score (nSPS) is 11.1. The van der Waals surface area contributed by atoms with Crippen LogP contribution in [0.25, 0.3) is 21.8 Å². The van der Waals surface area contributed by atoms with Crippen molar-refractivity contribution in [3.05, 3.63) is 78.4 Å². The predicted octanol–water partition coefficient (Wildman–Crippen LogP) is 4.20. The van der Waals surface area contributed by atoms with Crippen LogP contribution in [0.15, 0.2) is 72.8 Å². The summed E-state index contributed by atoms with van der Waals surface area (Å²) in [6.45, 7) is 0.676. The lowest BCUT2D eigenvalue weighted by atomic mass is 10.1. The molecule has 0 amide bonds. The minimum absolute atomic E-state index is 0.676. The van der Waals surface area contributed by atoms with Crippen LogP contribution in [0.3, 0.4) is 0 Å². The van der Waals surface area contributed by atoms with Crippen LogP contribution >= 0.6 is 0 Å². The molecule has 0 saturated carbocycles. The van der Waals surface area contributed by atoms with Crippen molar-refractivity contribution in [1.29, 1.82) is 0 Å². The summed E-state index contributed by atoms with van der Waals surface area (Å²) in [5, 5.41) is 4.23. The second-order valence-electron chi connectivity index (χ2n) is 5.48. The van der Waals surface area contributed by atoms with Gasteiger partial charge in [-0.15, -0.1) is 0 Å². The van der Waals surface area contributed by atoms with E-state index in [-0.39, 0.29) is 0 Å². The van der Waals surface area contributed by atoms with Crippen LogP contribution < -0.4 is 10.9 Å². The Hall–Kier alpha value is -2.78. The Morgan fingerprint density at radius 2 is 1.50 bits per heavy atom. The van der Waals surface area contributed by atoms with E-state index in [1.54, 1.807) is 5.01 Å². The zero-order valence-corrected chi connectivity index (χ0v) is 12.2. The number of hydrazine groups is 1. The Morgan fingerprint density at radius 1 is 0.773 bits per heavy atom. The molecule has 0 unspecified atom stereocenters. The SMILES string of the molecule is NN(Cc1ccccc1)c1cccc2c1[nH]c1ccccc12. The molecular formula is C19H17N3. The Bertz CT molecular complexity index is 925. The molecule has 0 spiro atoms. The number of anilines is 1. The number of rotatable bonds is 3. The molecule has 0 aliphatic rings. The number of aromatic amines is 1. The van der Waals surface area contributed by atoms with Gasteiger partial charge in [0.1, 0.15) is 0 Å². The van der Waals surface area contributed by atoms with Crippen molar-refractivity contribution < 1.29 is 0 Å². The standard InChI is InChI=1S/C19H17N3/c20-22(13-14-7-2-1-3-8-14)18-12-6-10-16-15-9-4-5-11-17(15)21-19(16)18/h1-12,21H,13,20H2. The van der Waals surface area contributed by atoms with E-state index in [1.807, 2.05) is 24.3 Å². The maximum atomic E-state index is 6.33. The Kier molecular flexibility index (Phi) is 3.06. The van der Waals surface area contributed by atoms with Gasteiger partial charge in [-0.3, -0.25) is 0 Å². The van der Waals surface area contributed by atoms with Gasteiger partial charge >= 0.3 is 0 Å². The predicted molar refractivity (Wildman–Crippen MR) is 92.6 cm³/mol. The highest BCUT2D eigenvalue weighted by molar-refractivity contribution is 6.11. The van der Waals surface area contributed by atoms with Gasteiger partial charge in [-0.1, -0.05) is 60.7 Å². The van der Waals surface area contributed by atoms with Crippen molar-refractivity contribution in [2.24, 2.45) is 5.84 Å². The lowest BCUT2D eigenvalue weighted by Crippen LogP contribution is -2.30. The van der Waals surface area contributed by atoms with E-state index in [4.69, 9.17) is 5.84 Å². The second kappa shape index (κ2) is 5.20. The molecule has 3 heteroatoms. The first-order valence-corrected chi connectivity index (χ1v) is 7.38. The summed E-state index contributed by atoms with van der Waals surface area (Å²) in [5.41, 5.74) is 4.43. The number of hydrogen-bond acceptors (Lipinski definition) is 2. The Labute approximate surface area is 128 Å². The summed E-state index contributed by atoms with van der Waals surface area (Å²) in [7, 11) is 0. The quantitative estimate of drug-likeness (QED) is 0.438. The number of H-pyrrole nitrogens is 1. The van der Waals surface area contributed by atoms with Crippen molar-refractivity contribution in [2.75, 3.05) is 5.01 Å². The molecule has 108 valence electrons. The molecule has 1 aromatic heterocycles. The first-order valence-electron chi connectivity index (χ1n) is 7.38. The van der Waals surface area contributed by atoms with Crippen molar-refractivity contribution in [3.63, 3.8) is 0 Å². The van der Waals surface area contributed by atoms with Gasteiger partial charge in [-0.05, 0) is 17.7 Å². The summed E-state index contributed by atoms with van der Waals surface area (Å²) in [6.07, 6.45) is 0. The number of hydrogen-bond donors (Lipinski definition) is 2. The number of para-hydroxylation sites is 2. The van der Waals surface area contributed by atoms with Crippen LogP contribution in [-0.2, 0) is 6.54 Å². The summed E-state index contributed by atoms with van der Waals surface area (Å²) in [5.74, 6) is 6.33. The lowest BCUT2D eigenvalue weighted by molar-refractivity contribution is 0.856. The maximum absolute atomic E-state index is 6.33. The minimum Gasteiger partial charge on any atom is -0.353 e. The average Bonchev–Trinajstić information content (AvgIpc) is 2.94. The maximum Gasteiger partial charge on any atom is 0.0762 e. The third-order valence-corrected chi connectivity index (χ3v) is 4.02. The van der Waals surface area contributed by atoms with E-state index in [2.05, 4.69) is 53.5 Å². The number of nitrogens with zero attached hydrogens (tertiary/aromatic N) is 1. The molecule has 3 nitrogen and oxygen atoms in total. The highest BCUT2D eigenvalue weighted by atomic mass is 15.4. The molecule has 0 aliphatic heterocycles. The third-order valence-electron chi connectivity index (χ3n) is 4.02. The number of benzene rings is 3. The van der Waals surface area contributed by atoms with E-state index < -0.39 is 0 Å². The van der Waals surface area contributed by atoms with Crippen LogP contribution in [0.2, 0.25) is 0 Å². The summed E-state index contributed by atoms with van der Waals surface area (Å²) < 4.78 is 0. The van der Waals surface area contributed by atoms with E-state index >= 15 is 0 Å². The van der Waals surface area contributed by atoms with E-state index in [9.17, 15) is 0 Å². The summed E-state index contributed by atoms with van der Waals surface area (Å²) in [6, 6.07) is 24.8. The highest BCUT2D eigenvalue weighted by Crippen LogP contribution is 2.31. The lowest BCUT2D eigenvalue weighted by Gasteiger charge is -2.19. The largest absolute Gasteiger partial charge is 0.353 e. The molecule has 0 bridgehead atoms. The fourth-order valence-corrected chi connectivity index (χ4v) is 2.96. The zero-order valence-electron chi connectivity index (χ0n) is 12.2. The molecule has 3 N–H and O–H groups in total. The zero-order chi connectivity index (χ0) is 14.9. The molecule has 3 aromatic carbocycles. The number of fused-ring (bicyclic) bond motifs is 3. The van der Waals surface area contributed by atoms with Crippen molar-refractivity contribution in [2.45, 2.75) is 6.54 Å². The fourth-order valence-electron chi connectivity index (χ4n) is 2.96. The Balaban J connectivity index is 1.81. The van der Waals surface area contributed by atoms with Crippen molar-refractivity contribution in [1.82, 2.24) is 4.98 Å². The van der Waals surface area contributed by atoms with Crippen LogP contribution in [0, 0.1) is 0 Å². The molecule has 4 aromatic rings. The van der Waals surface area contributed by atoms with Gasteiger partial charge in [0.05, 0.1) is 17.7 Å². The van der Waals surface area contributed by atoms with Gasteiger partial charge in [-0.25, -0.2) is 5.84 Å². The topological polar surface area (TPSA) is 45.0 Å². The molecule has 0 atom stereocenters. The second-order valence-corrected chi connectivity index (χ2v) is 5.48. The van der Waals surface area contributed by atoms with Gasteiger partial charge in [0.25, 0.3) is 0 Å². The van der Waals surface area contributed by atoms with Gasteiger partial charge < -0.3 is 9.99 Å². The number of aromatic nitrogens is 1. The van der Waals surface area contributed by atoms with Gasteiger partial charge in [0.2, 0.25) is 0 Å². The minimum atomic E-state index is 0.676. The summed E-state index contributed by atoms with van der Waals surface area (Å²) in [4.78, 5) is 3.49. The smallest absolute Gasteiger partial charge is 0.0762 e. The molecule has 0 saturated heterocycles. The Morgan fingerprint density at radius 3 is 2.36 bits per heavy atom. The van der Waals surface area contributed by atoms with E-state index in [0.717, 1.165) is 16.7 Å². The van der Waals surface area contributed by atoms with Crippen molar-refractivity contribution in [3.8, 4) is 0 Å². The first-order chi connectivity index (χ1) is 10.8. The van der Waals surface area contributed by atoms with Gasteiger partial charge in [-0.2, -0.15) is 0 Å².